The smallest absolute Gasteiger partial charge is 0.256 e. The van der Waals surface area contributed by atoms with Crippen LogP contribution in [0.3, 0.4) is 0 Å². The molecule has 144 valence electrons. The second kappa shape index (κ2) is 7.47. The van der Waals surface area contributed by atoms with Crippen LogP contribution < -0.4 is 9.64 Å². The number of aryl methyl sites for hydroxylation is 1. The lowest BCUT2D eigenvalue weighted by molar-refractivity contribution is 0.0672. The number of benzene rings is 1. The van der Waals surface area contributed by atoms with Crippen molar-refractivity contribution in [3.05, 3.63) is 46.8 Å². The van der Waals surface area contributed by atoms with E-state index in [1.165, 1.54) is 6.92 Å². The first-order chi connectivity index (χ1) is 12.8. The number of Topliss-reactive ketones (excluding diaryl/α,β-unsaturated/α-hetero) is 1. The number of ether oxygens (including phenoxy) is 1. The Hall–Kier alpha value is -2.76. The van der Waals surface area contributed by atoms with Gasteiger partial charge in [-0.25, -0.2) is 0 Å². The summed E-state index contributed by atoms with van der Waals surface area (Å²) in [4.78, 5) is 32.2. The molecule has 1 amide bonds. The number of ketones is 1. The zero-order valence-electron chi connectivity index (χ0n) is 16.6. The number of anilines is 1. The molecule has 0 aliphatic carbocycles. The van der Waals surface area contributed by atoms with Crippen LogP contribution in [0.2, 0.25) is 0 Å². The number of hydrogen-bond acceptors (Lipinski definition) is 4. The van der Waals surface area contributed by atoms with E-state index >= 15 is 0 Å². The van der Waals surface area contributed by atoms with E-state index in [0.29, 0.717) is 17.8 Å². The number of H-pyrrole nitrogens is 1. The van der Waals surface area contributed by atoms with Gasteiger partial charge in [-0.15, -0.1) is 0 Å². The predicted molar refractivity (Wildman–Crippen MR) is 106 cm³/mol. The van der Waals surface area contributed by atoms with Crippen LogP contribution in [0.15, 0.2) is 24.3 Å². The molecule has 0 radical (unpaired) electrons. The summed E-state index contributed by atoms with van der Waals surface area (Å²) in [5.41, 5.74) is 3.69. The van der Waals surface area contributed by atoms with Crippen molar-refractivity contribution in [3.63, 3.8) is 0 Å². The predicted octanol–water partition coefficient (Wildman–Crippen LogP) is 3.19. The van der Waals surface area contributed by atoms with Crippen molar-refractivity contribution in [1.82, 2.24) is 9.88 Å². The number of nitrogens with zero attached hydrogens (tertiary/aromatic N) is 2. The summed E-state index contributed by atoms with van der Waals surface area (Å²) in [6, 6.07) is 7.99. The lowest BCUT2D eigenvalue weighted by atomic mass is 10.0. The van der Waals surface area contributed by atoms with Gasteiger partial charge < -0.3 is 19.5 Å². The fraction of sp³-hybridized carbons (Fsp3) is 0.429. The number of aromatic nitrogens is 1. The van der Waals surface area contributed by atoms with Gasteiger partial charge >= 0.3 is 0 Å². The average Bonchev–Trinajstić information content (AvgIpc) is 2.95. The molecule has 0 unspecified atom stereocenters. The SMILES string of the molecule is COc1ccccc1N1CCN(C(=O)c2c(C)[nH]c(C(C)=O)c2C)[C@@H](C)C1. The van der Waals surface area contributed by atoms with Gasteiger partial charge in [0, 0.05) is 38.3 Å². The van der Waals surface area contributed by atoms with Crippen LogP contribution in [0.25, 0.3) is 0 Å². The minimum Gasteiger partial charge on any atom is -0.495 e. The lowest BCUT2D eigenvalue weighted by Crippen LogP contribution is -2.54. The Bertz CT molecular complexity index is 872. The van der Waals surface area contributed by atoms with Gasteiger partial charge in [0.2, 0.25) is 0 Å². The van der Waals surface area contributed by atoms with Gasteiger partial charge in [-0.2, -0.15) is 0 Å². The number of hydrogen-bond donors (Lipinski definition) is 1. The molecule has 27 heavy (non-hydrogen) atoms. The molecule has 1 atom stereocenters. The molecule has 0 saturated carbocycles. The maximum absolute atomic E-state index is 13.2. The molecule has 1 saturated heterocycles. The molecule has 1 aromatic heterocycles. The van der Waals surface area contributed by atoms with Crippen molar-refractivity contribution < 1.29 is 14.3 Å². The molecule has 1 fully saturated rings. The molecule has 1 aliphatic heterocycles. The number of methoxy groups -OCH3 is 1. The van der Waals surface area contributed by atoms with Gasteiger partial charge in [0.15, 0.2) is 5.78 Å². The summed E-state index contributed by atoms with van der Waals surface area (Å²) in [7, 11) is 1.67. The molecule has 0 bridgehead atoms. The van der Waals surface area contributed by atoms with E-state index < -0.39 is 0 Å². The van der Waals surface area contributed by atoms with Crippen LogP contribution in [0.1, 0.15) is 46.0 Å². The van der Waals surface area contributed by atoms with Crippen LogP contribution in [0.4, 0.5) is 5.69 Å². The summed E-state index contributed by atoms with van der Waals surface area (Å²) in [6.45, 7) is 9.35. The third-order valence-corrected chi connectivity index (χ3v) is 5.32. The van der Waals surface area contributed by atoms with Crippen molar-refractivity contribution in [2.45, 2.75) is 33.7 Å². The van der Waals surface area contributed by atoms with E-state index in [1.807, 2.05) is 43.0 Å². The number of nitrogens with one attached hydrogen (secondary N) is 1. The number of rotatable bonds is 4. The van der Waals surface area contributed by atoms with Crippen molar-refractivity contribution >= 4 is 17.4 Å². The fourth-order valence-corrected chi connectivity index (χ4v) is 3.94. The Morgan fingerprint density at radius 1 is 1.19 bits per heavy atom. The van der Waals surface area contributed by atoms with E-state index in [0.717, 1.165) is 35.8 Å². The topological polar surface area (TPSA) is 65.6 Å². The van der Waals surface area contributed by atoms with E-state index in [9.17, 15) is 9.59 Å². The fourth-order valence-electron chi connectivity index (χ4n) is 3.94. The van der Waals surface area contributed by atoms with Gasteiger partial charge in [-0.3, -0.25) is 9.59 Å². The molecule has 6 heteroatoms. The summed E-state index contributed by atoms with van der Waals surface area (Å²) < 4.78 is 5.48. The van der Waals surface area contributed by atoms with Crippen LogP contribution >= 0.6 is 0 Å². The van der Waals surface area contributed by atoms with Gasteiger partial charge in [-0.05, 0) is 38.5 Å². The Morgan fingerprint density at radius 3 is 2.48 bits per heavy atom. The van der Waals surface area contributed by atoms with Crippen molar-refractivity contribution in [2.75, 3.05) is 31.6 Å². The number of piperazine rings is 1. The van der Waals surface area contributed by atoms with Gasteiger partial charge in [-0.1, -0.05) is 12.1 Å². The van der Waals surface area contributed by atoms with E-state index in [1.54, 1.807) is 7.11 Å². The number of amides is 1. The highest BCUT2D eigenvalue weighted by atomic mass is 16.5. The monoisotopic (exact) mass is 369 g/mol. The number of aromatic amines is 1. The maximum Gasteiger partial charge on any atom is 0.256 e. The minimum atomic E-state index is -0.0521. The molecule has 2 aromatic rings. The Kier molecular flexibility index (Phi) is 5.26. The van der Waals surface area contributed by atoms with Crippen LogP contribution in [0.5, 0.6) is 5.75 Å². The molecule has 1 N–H and O–H groups in total. The quantitative estimate of drug-likeness (QED) is 0.841. The van der Waals surface area contributed by atoms with Gasteiger partial charge in [0.1, 0.15) is 5.75 Å². The largest absolute Gasteiger partial charge is 0.495 e. The molecule has 0 spiro atoms. The number of carbonyl (C=O) groups excluding carboxylic acids is 2. The number of para-hydroxylation sites is 2. The first kappa shape index (κ1) is 19.0. The van der Waals surface area contributed by atoms with E-state index in [4.69, 9.17) is 4.74 Å². The highest BCUT2D eigenvalue weighted by Gasteiger charge is 2.32. The summed E-state index contributed by atoms with van der Waals surface area (Å²) in [6.07, 6.45) is 0. The third-order valence-electron chi connectivity index (χ3n) is 5.32. The van der Waals surface area contributed by atoms with Gasteiger partial charge in [0.25, 0.3) is 5.91 Å². The molecule has 6 nitrogen and oxygen atoms in total. The Balaban J connectivity index is 1.81. The standard InChI is InChI=1S/C21H27N3O3/c1-13-12-23(17-8-6-7-9-18(17)27-5)10-11-24(13)21(26)19-14(2)20(16(4)25)22-15(19)3/h6-9,13,22H,10-12H2,1-5H3/t13-/m0/s1. The first-order valence-electron chi connectivity index (χ1n) is 9.24. The summed E-state index contributed by atoms with van der Waals surface area (Å²) >= 11 is 0. The highest BCUT2D eigenvalue weighted by molar-refractivity contribution is 6.02. The van der Waals surface area contributed by atoms with Crippen molar-refractivity contribution in [1.29, 1.82) is 0 Å². The second-order valence-corrected chi connectivity index (χ2v) is 7.15. The molecule has 1 aliphatic rings. The molecular weight excluding hydrogens is 342 g/mol. The van der Waals surface area contributed by atoms with E-state index in [2.05, 4.69) is 16.8 Å². The van der Waals surface area contributed by atoms with E-state index in [-0.39, 0.29) is 17.7 Å². The summed E-state index contributed by atoms with van der Waals surface area (Å²) in [5.74, 6) is 0.775. The normalized spacial score (nSPS) is 17.1. The second-order valence-electron chi connectivity index (χ2n) is 7.15. The van der Waals surface area contributed by atoms with Crippen LogP contribution in [-0.2, 0) is 0 Å². The maximum atomic E-state index is 13.2. The Labute approximate surface area is 160 Å². The zero-order chi connectivity index (χ0) is 19.7. The lowest BCUT2D eigenvalue weighted by Gasteiger charge is -2.41. The molecule has 1 aromatic carbocycles. The third kappa shape index (κ3) is 3.44. The van der Waals surface area contributed by atoms with Crippen molar-refractivity contribution in [2.24, 2.45) is 0 Å². The van der Waals surface area contributed by atoms with Crippen LogP contribution in [0, 0.1) is 13.8 Å². The molecule has 3 rings (SSSR count). The zero-order valence-corrected chi connectivity index (χ0v) is 16.6. The average molecular weight is 369 g/mol. The summed E-state index contributed by atoms with van der Waals surface area (Å²) in [5, 5.41) is 0. The molecular formula is C21H27N3O3. The molecule has 2 heterocycles. The Morgan fingerprint density at radius 2 is 1.89 bits per heavy atom. The van der Waals surface area contributed by atoms with Gasteiger partial charge in [0.05, 0.1) is 24.1 Å². The first-order valence-corrected chi connectivity index (χ1v) is 9.24. The van der Waals surface area contributed by atoms with Crippen molar-refractivity contribution in [3.8, 4) is 5.75 Å². The van der Waals surface area contributed by atoms with Crippen LogP contribution in [-0.4, -0.2) is 54.4 Å². The minimum absolute atomic E-state index is 0.0130. The highest BCUT2D eigenvalue weighted by Crippen LogP contribution is 2.30. The number of carbonyl (C=O) groups is 2.